The molecule has 0 spiro atoms. The van der Waals surface area contributed by atoms with Gasteiger partial charge in [-0.05, 0) is 38.0 Å². The second-order valence-corrected chi connectivity index (χ2v) is 7.21. The third-order valence-electron chi connectivity index (χ3n) is 5.16. The van der Waals surface area contributed by atoms with Crippen molar-refractivity contribution in [2.45, 2.75) is 51.5 Å². The molecular formula is C20H21FN4O2. The van der Waals surface area contributed by atoms with E-state index in [-0.39, 0.29) is 11.7 Å². The van der Waals surface area contributed by atoms with Crippen LogP contribution >= 0.6 is 0 Å². The quantitative estimate of drug-likeness (QED) is 0.757. The molecule has 1 aromatic carbocycles. The number of hydrogen-bond donors (Lipinski definition) is 1. The van der Waals surface area contributed by atoms with Gasteiger partial charge in [0.05, 0.1) is 11.1 Å². The van der Waals surface area contributed by atoms with E-state index in [1.54, 1.807) is 26.0 Å². The summed E-state index contributed by atoms with van der Waals surface area (Å²) in [6, 6.07) is 6.01. The molecule has 140 valence electrons. The normalized spacial score (nSPS) is 16.4. The molecule has 0 bridgehead atoms. The molecule has 2 aromatic heterocycles. The minimum atomic E-state index is -0.642. The van der Waals surface area contributed by atoms with Gasteiger partial charge in [0.2, 0.25) is 5.89 Å². The van der Waals surface area contributed by atoms with E-state index < -0.39 is 5.54 Å². The molecule has 1 saturated carbocycles. The highest BCUT2D eigenvalue weighted by molar-refractivity contribution is 6.06. The first-order chi connectivity index (χ1) is 13.0. The molecule has 3 aromatic rings. The Morgan fingerprint density at radius 2 is 1.93 bits per heavy atom. The predicted octanol–water partition coefficient (Wildman–Crippen LogP) is 3.96. The number of benzene rings is 1. The van der Waals surface area contributed by atoms with Crippen LogP contribution < -0.4 is 5.32 Å². The molecule has 1 aliphatic rings. The number of halogens is 1. The van der Waals surface area contributed by atoms with Crippen molar-refractivity contribution < 1.29 is 13.7 Å². The number of hydrogen-bond acceptors (Lipinski definition) is 5. The first-order valence-corrected chi connectivity index (χ1v) is 9.17. The molecule has 0 atom stereocenters. The van der Waals surface area contributed by atoms with Gasteiger partial charge in [-0.15, -0.1) is 0 Å². The third kappa shape index (κ3) is 3.29. The van der Waals surface area contributed by atoms with Crippen LogP contribution in [0.2, 0.25) is 0 Å². The van der Waals surface area contributed by atoms with Crippen molar-refractivity contribution in [1.29, 1.82) is 0 Å². The maximum atomic E-state index is 13.6. The lowest BCUT2D eigenvalue weighted by Gasteiger charge is -2.35. The number of fused-ring (bicyclic) bond motifs is 1. The second-order valence-electron chi connectivity index (χ2n) is 7.21. The minimum absolute atomic E-state index is 0.235. The van der Waals surface area contributed by atoms with Crippen molar-refractivity contribution in [2.24, 2.45) is 0 Å². The number of amides is 1. The van der Waals surface area contributed by atoms with Crippen LogP contribution in [-0.4, -0.2) is 21.0 Å². The highest BCUT2D eigenvalue weighted by Gasteiger charge is 2.40. The third-order valence-corrected chi connectivity index (χ3v) is 5.16. The fourth-order valence-corrected chi connectivity index (χ4v) is 3.86. The van der Waals surface area contributed by atoms with E-state index in [0.717, 1.165) is 32.1 Å². The highest BCUT2D eigenvalue weighted by atomic mass is 19.1. The molecule has 0 radical (unpaired) electrons. The van der Waals surface area contributed by atoms with Crippen LogP contribution in [0, 0.1) is 19.7 Å². The van der Waals surface area contributed by atoms with Crippen LogP contribution in [0.5, 0.6) is 0 Å². The van der Waals surface area contributed by atoms with Gasteiger partial charge in [0.1, 0.15) is 11.4 Å². The summed E-state index contributed by atoms with van der Waals surface area (Å²) >= 11 is 0. The summed E-state index contributed by atoms with van der Waals surface area (Å²) in [6.07, 6.45) is 4.60. The summed E-state index contributed by atoms with van der Waals surface area (Å²) in [5, 5.41) is 7.87. The van der Waals surface area contributed by atoms with Crippen LogP contribution in [0.3, 0.4) is 0 Å². The molecule has 1 N–H and O–H groups in total. The zero-order chi connectivity index (χ0) is 19.0. The Balaban J connectivity index is 1.75. The molecular weight excluding hydrogens is 347 g/mol. The van der Waals surface area contributed by atoms with E-state index in [0.29, 0.717) is 33.9 Å². The molecule has 1 fully saturated rings. The maximum absolute atomic E-state index is 13.6. The van der Waals surface area contributed by atoms with E-state index in [9.17, 15) is 9.18 Å². The standard InChI is InChI=1S/C20H21FN4O2/c1-12-10-16(15-7-6-14(21)11-17(15)22-12)18(26)24-20(8-4-3-5-9-20)19-23-13(2)27-25-19/h6-7,10-11H,3-5,8-9H2,1-2H3,(H,24,26). The largest absolute Gasteiger partial charge is 0.340 e. The van der Waals surface area contributed by atoms with Crippen LogP contribution in [0.4, 0.5) is 4.39 Å². The van der Waals surface area contributed by atoms with Crippen molar-refractivity contribution in [3.05, 3.63) is 53.1 Å². The molecule has 7 heteroatoms. The monoisotopic (exact) mass is 368 g/mol. The molecule has 0 unspecified atom stereocenters. The summed E-state index contributed by atoms with van der Waals surface area (Å²) in [7, 11) is 0. The molecule has 1 amide bonds. The van der Waals surface area contributed by atoms with Gasteiger partial charge in [0.25, 0.3) is 5.91 Å². The van der Waals surface area contributed by atoms with E-state index in [4.69, 9.17) is 4.52 Å². The summed E-state index contributed by atoms with van der Waals surface area (Å²) in [5.74, 6) is 0.387. The van der Waals surface area contributed by atoms with Gasteiger partial charge in [-0.3, -0.25) is 9.78 Å². The zero-order valence-corrected chi connectivity index (χ0v) is 15.4. The molecule has 2 heterocycles. The fraction of sp³-hybridized carbons (Fsp3) is 0.400. The van der Waals surface area contributed by atoms with Gasteiger partial charge < -0.3 is 9.84 Å². The Morgan fingerprint density at radius 3 is 2.63 bits per heavy atom. The second kappa shape index (κ2) is 6.72. The smallest absolute Gasteiger partial charge is 0.252 e. The number of nitrogens with zero attached hydrogens (tertiary/aromatic N) is 3. The molecule has 0 aliphatic heterocycles. The average Bonchev–Trinajstić information content (AvgIpc) is 3.08. The number of carbonyl (C=O) groups is 1. The molecule has 1 aliphatic carbocycles. The first-order valence-electron chi connectivity index (χ1n) is 9.17. The highest BCUT2D eigenvalue weighted by Crippen LogP contribution is 2.36. The van der Waals surface area contributed by atoms with Crippen LogP contribution in [0.15, 0.2) is 28.8 Å². The maximum Gasteiger partial charge on any atom is 0.252 e. The summed E-state index contributed by atoms with van der Waals surface area (Å²) in [5.41, 5.74) is 0.957. The summed E-state index contributed by atoms with van der Waals surface area (Å²) in [4.78, 5) is 22.0. The summed E-state index contributed by atoms with van der Waals surface area (Å²) in [6.45, 7) is 3.53. The van der Waals surface area contributed by atoms with E-state index in [1.807, 2.05) is 0 Å². The molecule has 6 nitrogen and oxygen atoms in total. The van der Waals surface area contributed by atoms with Crippen molar-refractivity contribution >= 4 is 16.8 Å². The van der Waals surface area contributed by atoms with Gasteiger partial charge in [-0.25, -0.2) is 4.39 Å². The van der Waals surface area contributed by atoms with Crippen molar-refractivity contribution in [3.8, 4) is 0 Å². The molecule has 27 heavy (non-hydrogen) atoms. The number of carbonyl (C=O) groups excluding carboxylic acids is 1. The van der Waals surface area contributed by atoms with Crippen molar-refractivity contribution in [2.75, 3.05) is 0 Å². The lowest BCUT2D eigenvalue weighted by atomic mass is 9.80. The number of aromatic nitrogens is 3. The van der Waals surface area contributed by atoms with Crippen molar-refractivity contribution in [3.63, 3.8) is 0 Å². The Bertz CT molecular complexity index is 1000. The molecule has 4 rings (SSSR count). The SMILES string of the molecule is Cc1cc(C(=O)NC2(c3noc(C)n3)CCCCC2)c2ccc(F)cc2n1. The molecule has 0 saturated heterocycles. The number of rotatable bonds is 3. The van der Waals surface area contributed by atoms with E-state index in [1.165, 1.54) is 12.1 Å². The lowest BCUT2D eigenvalue weighted by Crippen LogP contribution is -2.48. The minimum Gasteiger partial charge on any atom is -0.340 e. The van der Waals surface area contributed by atoms with Gasteiger partial charge in [-0.1, -0.05) is 24.4 Å². The van der Waals surface area contributed by atoms with Crippen LogP contribution in [0.25, 0.3) is 10.9 Å². The Morgan fingerprint density at radius 1 is 1.15 bits per heavy atom. The zero-order valence-electron chi connectivity index (χ0n) is 15.4. The van der Waals surface area contributed by atoms with Gasteiger partial charge in [0.15, 0.2) is 5.82 Å². The van der Waals surface area contributed by atoms with E-state index in [2.05, 4.69) is 20.4 Å². The van der Waals surface area contributed by atoms with Gasteiger partial charge in [-0.2, -0.15) is 4.98 Å². The summed E-state index contributed by atoms with van der Waals surface area (Å²) < 4.78 is 18.8. The van der Waals surface area contributed by atoms with Crippen LogP contribution in [-0.2, 0) is 5.54 Å². The van der Waals surface area contributed by atoms with Gasteiger partial charge in [0, 0.05) is 24.1 Å². The lowest BCUT2D eigenvalue weighted by molar-refractivity contribution is 0.0857. The van der Waals surface area contributed by atoms with Crippen LogP contribution in [0.1, 0.15) is 59.9 Å². The van der Waals surface area contributed by atoms with Crippen molar-refractivity contribution in [1.82, 2.24) is 20.4 Å². The average molecular weight is 368 g/mol. The number of aryl methyl sites for hydroxylation is 2. The topological polar surface area (TPSA) is 80.9 Å². The number of nitrogens with one attached hydrogen (secondary N) is 1. The predicted molar refractivity (Wildman–Crippen MR) is 97.7 cm³/mol. The fourth-order valence-electron chi connectivity index (χ4n) is 3.86. The number of pyridine rings is 1. The first kappa shape index (κ1) is 17.6. The Kier molecular flexibility index (Phi) is 4.37. The Labute approximate surface area is 156 Å². The Hall–Kier alpha value is -2.83. The van der Waals surface area contributed by atoms with Gasteiger partial charge >= 0.3 is 0 Å². The van der Waals surface area contributed by atoms with E-state index >= 15 is 0 Å².